The molecule has 1 aromatic rings. The van der Waals surface area contributed by atoms with Crippen LogP contribution in [0.2, 0.25) is 0 Å². The van der Waals surface area contributed by atoms with Crippen molar-refractivity contribution < 1.29 is 0 Å². The average molecular weight is 313 g/mol. The van der Waals surface area contributed by atoms with Crippen LogP contribution < -0.4 is 5.73 Å². The summed E-state index contributed by atoms with van der Waals surface area (Å²) < 4.78 is 1.15. The summed E-state index contributed by atoms with van der Waals surface area (Å²) >= 11 is 3.54. The van der Waals surface area contributed by atoms with Gasteiger partial charge >= 0.3 is 0 Å². The molecule has 1 unspecified atom stereocenters. The summed E-state index contributed by atoms with van der Waals surface area (Å²) in [7, 11) is 2.17. The topological polar surface area (TPSA) is 29.3 Å². The lowest BCUT2D eigenvalue weighted by Crippen LogP contribution is -2.33. The van der Waals surface area contributed by atoms with Crippen molar-refractivity contribution in [2.24, 2.45) is 17.6 Å². The molecule has 0 radical (unpaired) electrons. The Kier molecular flexibility index (Phi) is 6.33. The van der Waals surface area contributed by atoms with Gasteiger partial charge in [-0.3, -0.25) is 0 Å². The van der Waals surface area contributed by atoms with Gasteiger partial charge in [-0.15, -0.1) is 0 Å². The van der Waals surface area contributed by atoms with Gasteiger partial charge in [-0.2, -0.15) is 0 Å². The van der Waals surface area contributed by atoms with Crippen molar-refractivity contribution in [1.29, 1.82) is 0 Å². The molecule has 2 N–H and O–H groups in total. The van der Waals surface area contributed by atoms with E-state index in [0.29, 0.717) is 11.8 Å². The van der Waals surface area contributed by atoms with Gasteiger partial charge in [-0.1, -0.05) is 35.8 Å². The van der Waals surface area contributed by atoms with Crippen LogP contribution in [0.1, 0.15) is 25.0 Å². The minimum atomic E-state index is 0.572. The van der Waals surface area contributed by atoms with Gasteiger partial charge in [0.1, 0.15) is 0 Å². The van der Waals surface area contributed by atoms with Gasteiger partial charge in [-0.25, -0.2) is 0 Å². The van der Waals surface area contributed by atoms with Crippen molar-refractivity contribution in [3.05, 3.63) is 33.8 Å². The molecular formula is C15H25BrN2. The van der Waals surface area contributed by atoms with Gasteiger partial charge < -0.3 is 10.6 Å². The molecule has 0 aliphatic carbocycles. The molecule has 1 rings (SSSR count). The number of aryl methyl sites for hydroxylation is 1. The number of halogens is 1. The Morgan fingerprint density at radius 2 is 2.00 bits per heavy atom. The molecule has 0 amide bonds. The van der Waals surface area contributed by atoms with Crippen LogP contribution in [0.4, 0.5) is 0 Å². The first-order valence-corrected chi connectivity index (χ1v) is 7.37. The van der Waals surface area contributed by atoms with Crippen LogP contribution in [0.3, 0.4) is 0 Å². The molecule has 102 valence electrons. The van der Waals surface area contributed by atoms with E-state index in [1.165, 1.54) is 11.1 Å². The van der Waals surface area contributed by atoms with Crippen molar-refractivity contribution in [1.82, 2.24) is 4.90 Å². The highest BCUT2D eigenvalue weighted by molar-refractivity contribution is 9.10. The van der Waals surface area contributed by atoms with E-state index in [0.717, 1.165) is 24.1 Å². The zero-order chi connectivity index (χ0) is 13.7. The highest BCUT2D eigenvalue weighted by Crippen LogP contribution is 2.18. The summed E-state index contributed by atoms with van der Waals surface area (Å²) in [5.41, 5.74) is 8.56. The molecule has 2 nitrogen and oxygen atoms in total. The molecule has 0 aliphatic heterocycles. The predicted molar refractivity (Wildman–Crippen MR) is 82.6 cm³/mol. The molecule has 18 heavy (non-hydrogen) atoms. The lowest BCUT2D eigenvalue weighted by molar-refractivity contribution is 0.234. The maximum absolute atomic E-state index is 5.84. The van der Waals surface area contributed by atoms with Crippen LogP contribution in [-0.2, 0) is 6.54 Å². The molecule has 0 heterocycles. The van der Waals surface area contributed by atoms with E-state index in [2.05, 4.69) is 66.8 Å². The highest BCUT2D eigenvalue weighted by Gasteiger charge is 2.14. The maximum Gasteiger partial charge on any atom is 0.0233 e. The summed E-state index contributed by atoms with van der Waals surface area (Å²) in [5.74, 6) is 1.21. The zero-order valence-corrected chi connectivity index (χ0v) is 13.5. The van der Waals surface area contributed by atoms with E-state index in [4.69, 9.17) is 5.73 Å². The number of rotatable bonds is 6. The molecule has 0 aliphatic rings. The monoisotopic (exact) mass is 312 g/mol. The van der Waals surface area contributed by atoms with Gasteiger partial charge in [0.25, 0.3) is 0 Å². The summed E-state index contributed by atoms with van der Waals surface area (Å²) in [4.78, 5) is 2.37. The molecule has 1 atom stereocenters. The Labute approximate surface area is 120 Å². The molecule has 0 aromatic heterocycles. The second-order valence-corrected chi connectivity index (χ2v) is 6.42. The number of hydrogen-bond acceptors (Lipinski definition) is 2. The molecule has 0 bridgehead atoms. The molecule has 0 saturated heterocycles. The van der Waals surface area contributed by atoms with Crippen molar-refractivity contribution in [3.8, 4) is 0 Å². The van der Waals surface area contributed by atoms with Gasteiger partial charge in [0, 0.05) is 17.6 Å². The van der Waals surface area contributed by atoms with E-state index in [1.807, 2.05) is 0 Å². The van der Waals surface area contributed by atoms with E-state index in [9.17, 15) is 0 Å². The minimum absolute atomic E-state index is 0.572. The van der Waals surface area contributed by atoms with Crippen LogP contribution in [-0.4, -0.2) is 25.0 Å². The van der Waals surface area contributed by atoms with Crippen LogP contribution >= 0.6 is 15.9 Å². The molecule has 0 spiro atoms. The fraction of sp³-hybridized carbons (Fsp3) is 0.600. The second-order valence-electron chi connectivity index (χ2n) is 5.51. The minimum Gasteiger partial charge on any atom is -0.330 e. The second kappa shape index (κ2) is 7.27. The number of nitrogens with zero attached hydrogens (tertiary/aromatic N) is 1. The largest absolute Gasteiger partial charge is 0.330 e. The van der Waals surface area contributed by atoms with Crippen molar-refractivity contribution in [2.45, 2.75) is 27.3 Å². The van der Waals surface area contributed by atoms with Crippen molar-refractivity contribution >= 4 is 15.9 Å². The molecule has 0 fully saturated rings. The Morgan fingerprint density at radius 3 is 2.56 bits per heavy atom. The predicted octanol–water partition coefficient (Wildman–Crippen LogP) is 3.42. The first kappa shape index (κ1) is 15.7. The summed E-state index contributed by atoms with van der Waals surface area (Å²) in [6, 6.07) is 6.46. The van der Waals surface area contributed by atoms with Gasteiger partial charge in [0.2, 0.25) is 0 Å². The first-order chi connectivity index (χ1) is 8.43. The third kappa shape index (κ3) is 4.71. The van der Waals surface area contributed by atoms with E-state index in [-0.39, 0.29) is 0 Å². The summed E-state index contributed by atoms with van der Waals surface area (Å²) in [5, 5.41) is 0. The van der Waals surface area contributed by atoms with Gasteiger partial charge in [0.15, 0.2) is 0 Å². The van der Waals surface area contributed by atoms with E-state index < -0.39 is 0 Å². The van der Waals surface area contributed by atoms with Gasteiger partial charge in [-0.05, 0) is 55.6 Å². The lowest BCUT2D eigenvalue weighted by Gasteiger charge is -2.26. The average Bonchev–Trinajstić information content (AvgIpc) is 2.30. The first-order valence-electron chi connectivity index (χ1n) is 6.57. The fourth-order valence-corrected chi connectivity index (χ4v) is 2.53. The lowest BCUT2D eigenvalue weighted by atomic mass is 9.95. The summed E-state index contributed by atoms with van der Waals surface area (Å²) in [6.45, 7) is 9.46. The molecule has 3 heteroatoms. The maximum atomic E-state index is 5.84. The zero-order valence-electron chi connectivity index (χ0n) is 11.9. The third-order valence-electron chi connectivity index (χ3n) is 3.54. The number of hydrogen-bond donors (Lipinski definition) is 1. The molecular weight excluding hydrogens is 288 g/mol. The fourth-order valence-electron chi connectivity index (χ4n) is 2.12. The Morgan fingerprint density at radius 1 is 1.33 bits per heavy atom. The van der Waals surface area contributed by atoms with E-state index in [1.54, 1.807) is 0 Å². The standard InChI is InChI=1S/C15H25BrN2/c1-11(2)14(8-17)10-18(4)9-13-7-15(16)6-5-12(13)3/h5-7,11,14H,8-10,17H2,1-4H3. The van der Waals surface area contributed by atoms with E-state index >= 15 is 0 Å². The SMILES string of the molecule is Cc1ccc(Br)cc1CN(C)CC(CN)C(C)C. The Hall–Kier alpha value is -0.380. The summed E-state index contributed by atoms with van der Waals surface area (Å²) in [6.07, 6.45) is 0. The molecule has 0 saturated carbocycles. The van der Waals surface area contributed by atoms with Crippen LogP contribution in [0.25, 0.3) is 0 Å². The van der Waals surface area contributed by atoms with Crippen LogP contribution in [0, 0.1) is 18.8 Å². The molecule has 1 aromatic carbocycles. The van der Waals surface area contributed by atoms with Crippen LogP contribution in [0.5, 0.6) is 0 Å². The number of nitrogens with two attached hydrogens (primary N) is 1. The smallest absolute Gasteiger partial charge is 0.0233 e. The Bertz CT molecular complexity index is 377. The quantitative estimate of drug-likeness (QED) is 0.872. The van der Waals surface area contributed by atoms with Crippen molar-refractivity contribution in [2.75, 3.05) is 20.1 Å². The number of benzene rings is 1. The van der Waals surface area contributed by atoms with Crippen LogP contribution in [0.15, 0.2) is 22.7 Å². The van der Waals surface area contributed by atoms with Gasteiger partial charge in [0.05, 0.1) is 0 Å². The highest BCUT2D eigenvalue weighted by atomic mass is 79.9. The Balaban J connectivity index is 2.63. The third-order valence-corrected chi connectivity index (χ3v) is 4.04. The van der Waals surface area contributed by atoms with Crippen molar-refractivity contribution in [3.63, 3.8) is 0 Å². The normalized spacial score (nSPS) is 13.3.